The van der Waals surface area contributed by atoms with Gasteiger partial charge in [-0.1, -0.05) is 54.6 Å². The molecule has 188 valence electrons. The predicted molar refractivity (Wildman–Crippen MR) is 143 cm³/mol. The van der Waals surface area contributed by atoms with Crippen LogP contribution in [-0.2, 0) is 0 Å². The topological polar surface area (TPSA) is 84.0 Å². The summed E-state index contributed by atoms with van der Waals surface area (Å²) in [6, 6.07) is 29.0. The Bertz CT molecular complexity index is 1480. The van der Waals surface area contributed by atoms with Crippen LogP contribution >= 0.6 is 0 Å². The van der Waals surface area contributed by atoms with Gasteiger partial charge in [-0.05, 0) is 48.5 Å². The van der Waals surface area contributed by atoms with Crippen molar-refractivity contribution in [1.29, 1.82) is 0 Å². The molecule has 1 aliphatic heterocycles. The fraction of sp³-hybridized carbons (Fsp3) is 0.0968. The summed E-state index contributed by atoms with van der Waals surface area (Å²) in [4.78, 5) is 54.8. The first-order valence-electron chi connectivity index (χ1n) is 12.1. The second-order valence-corrected chi connectivity index (χ2v) is 8.73. The van der Waals surface area contributed by atoms with Crippen LogP contribution in [0.25, 0.3) is 0 Å². The number of anilines is 1. The first kappa shape index (κ1) is 24.6. The number of carbonyl (C=O) groups excluding carboxylic acids is 4. The number of ketones is 1. The zero-order valence-electron chi connectivity index (χ0n) is 20.7. The molecule has 0 saturated carbocycles. The Kier molecular flexibility index (Phi) is 6.82. The Morgan fingerprint density at radius 2 is 1.21 bits per heavy atom. The summed E-state index contributed by atoms with van der Waals surface area (Å²) in [5.74, 6) is -0.592. The van der Waals surface area contributed by atoms with Crippen LogP contribution in [0.4, 0.5) is 5.69 Å². The molecular formula is C31H24N2O5. The molecule has 4 aromatic rings. The monoisotopic (exact) mass is 504 g/mol. The molecule has 7 nitrogen and oxygen atoms in total. The van der Waals surface area contributed by atoms with Crippen molar-refractivity contribution < 1.29 is 23.9 Å². The fourth-order valence-corrected chi connectivity index (χ4v) is 4.43. The molecule has 0 fully saturated rings. The van der Waals surface area contributed by atoms with Crippen LogP contribution in [-0.4, -0.2) is 48.6 Å². The van der Waals surface area contributed by atoms with E-state index in [0.717, 1.165) is 4.90 Å². The van der Waals surface area contributed by atoms with Gasteiger partial charge in [-0.25, -0.2) is 0 Å². The summed E-state index contributed by atoms with van der Waals surface area (Å²) in [6.45, 7) is 0.107. The van der Waals surface area contributed by atoms with Crippen molar-refractivity contribution in [2.45, 2.75) is 0 Å². The number of imide groups is 1. The standard InChI is InChI=1S/C31H24N2O5/c1-38-25-17-15-24(16-18-25)32(19-20-33-30(36)26-9-5-6-10-27(26)31(33)37)29(35)23-13-11-22(12-14-23)28(34)21-7-3-2-4-8-21/h2-18H,19-20H2,1H3. The van der Waals surface area contributed by atoms with E-state index in [1.807, 2.05) is 6.07 Å². The van der Waals surface area contributed by atoms with Gasteiger partial charge in [-0.3, -0.25) is 24.1 Å². The molecule has 0 unspecified atom stereocenters. The summed E-state index contributed by atoms with van der Waals surface area (Å²) in [6.07, 6.45) is 0. The molecule has 38 heavy (non-hydrogen) atoms. The van der Waals surface area contributed by atoms with E-state index in [0.29, 0.717) is 39.3 Å². The van der Waals surface area contributed by atoms with Gasteiger partial charge in [-0.15, -0.1) is 0 Å². The Morgan fingerprint density at radius 1 is 0.684 bits per heavy atom. The third-order valence-electron chi connectivity index (χ3n) is 6.48. The Labute approximate surface area is 219 Å². The van der Waals surface area contributed by atoms with E-state index in [9.17, 15) is 19.2 Å². The number of amides is 3. The number of hydrogen-bond acceptors (Lipinski definition) is 5. The lowest BCUT2D eigenvalue weighted by atomic mass is 10.0. The van der Waals surface area contributed by atoms with E-state index in [1.54, 1.807) is 104 Å². The van der Waals surface area contributed by atoms with E-state index in [2.05, 4.69) is 0 Å². The van der Waals surface area contributed by atoms with E-state index in [4.69, 9.17) is 4.74 Å². The number of nitrogens with zero attached hydrogens (tertiary/aromatic N) is 2. The van der Waals surface area contributed by atoms with Crippen molar-refractivity contribution in [2.24, 2.45) is 0 Å². The van der Waals surface area contributed by atoms with Crippen LogP contribution in [0.1, 0.15) is 47.0 Å². The summed E-state index contributed by atoms with van der Waals surface area (Å²) >= 11 is 0. The normalized spacial score (nSPS) is 12.3. The second-order valence-electron chi connectivity index (χ2n) is 8.73. The predicted octanol–water partition coefficient (Wildman–Crippen LogP) is 4.87. The number of hydrogen-bond donors (Lipinski definition) is 0. The molecule has 7 heteroatoms. The molecule has 1 aliphatic rings. The minimum atomic E-state index is -0.378. The molecular weight excluding hydrogens is 480 g/mol. The van der Waals surface area contributed by atoms with E-state index >= 15 is 0 Å². The maximum atomic E-state index is 13.7. The van der Waals surface area contributed by atoms with Gasteiger partial charge in [0.2, 0.25) is 0 Å². The zero-order valence-corrected chi connectivity index (χ0v) is 20.7. The Balaban J connectivity index is 1.39. The molecule has 0 aliphatic carbocycles. The molecule has 0 atom stereocenters. The van der Waals surface area contributed by atoms with Crippen LogP contribution in [0.5, 0.6) is 5.75 Å². The quantitative estimate of drug-likeness (QED) is 0.253. The van der Waals surface area contributed by atoms with Gasteiger partial charge in [0.1, 0.15) is 5.75 Å². The lowest BCUT2D eigenvalue weighted by molar-refractivity contribution is 0.0654. The molecule has 0 bridgehead atoms. The number of fused-ring (bicyclic) bond motifs is 1. The van der Waals surface area contributed by atoms with Gasteiger partial charge in [-0.2, -0.15) is 0 Å². The molecule has 0 radical (unpaired) electrons. The third kappa shape index (κ3) is 4.69. The molecule has 0 spiro atoms. The molecule has 4 aromatic carbocycles. The smallest absolute Gasteiger partial charge is 0.261 e. The maximum Gasteiger partial charge on any atom is 0.261 e. The highest BCUT2D eigenvalue weighted by Crippen LogP contribution is 2.25. The van der Waals surface area contributed by atoms with Crippen LogP contribution in [0, 0.1) is 0 Å². The van der Waals surface area contributed by atoms with Gasteiger partial charge in [0.15, 0.2) is 5.78 Å². The van der Waals surface area contributed by atoms with E-state index in [-0.39, 0.29) is 36.6 Å². The molecule has 1 heterocycles. The van der Waals surface area contributed by atoms with Crippen molar-refractivity contribution >= 4 is 29.2 Å². The minimum Gasteiger partial charge on any atom is -0.497 e. The summed E-state index contributed by atoms with van der Waals surface area (Å²) < 4.78 is 5.24. The lowest BCUT2D eigenvalue weighted by Crippen LogP contribution is -2.41. The van der Waals surface area contributed by atoms with Crippen LogP contribution < -0.4 is 9.64 Å². The number of benzene rings is 4. The summed E-state index contributed by atoms with van der Waals surface area (Å²) in [7, 11) is 1.55. The lowest BCUT2D eigenvalue weighted by Gasteiger charge is -2.25. The minimum absolute atomic E-state index is 0.0225. The van der Waals surface area contributed by atoms with Crippen molar-refractivity contribution in [3.63, 3.8) is 0 Å². The van der Waals surface area contributed by atoms with Crippen molar-refractivity contribution in [3.05, 3.63) is 131 Å². The molecule has 0 aromatic heterocycles. The zero-order chi connectivity index (χ0) is 26.6. The first-order valence-corrected chi connectivity index (χ1v) is 12.1. The third-order valence-corrected chi connectivity index (χ3v) is 6.48. The van der Waals surface area contributed by atoms with Gasteiger partial charge < -0.3 is 9.64 Å². The number of ether oxygens (including phenoxy) is 1. The summed E-state index contributed by atoms with van der Waals surface area (Å²) in [5.41, 5.74) is 2.70. The van der Waals surface area contributed by atoms with Crippen molar-refractivity contribution in [3.8, 4) is 5.75 Å². The maximum absolute atomic E-state index is 13.7. The van der Waals surface area contributed by atoms with Crippen LogP contribution in [0.3, 0.4) is 0 Å². The van der Waals surface area contributed by atoms with E-state index in [1.165, 1.54) is 4.90 Å². The highest BCUT2D eigenvalue weighted by Gasteiger charge is 2.35. The molecule has 0 N–H and O–H groups in total. The van der Waals surface area contributed by atoms with Gasteiger partial charge in [0, 0.05) is 35.5 Å². The van der Waals surface area contributed by atoms with Gasteiger partial charge in [0.05, 0.1) is 18.2 Å². The van der Waals surface area contributed by atoms with Crippen LogP contribution in [0.15, 0.2) is 103 Å². The summed E-state index contributed by atoms with van der Waals surface area (Å²) in [5, 5.41) is 0. The molecule has 0 saturated heterocycles. The van der Waals surface area contributed by atoms with E-state index < -0.39 is 0 Å². The van der Waals surface area contributed by atoms with Crippen LogP contribution in [0.2, 0.25) is 0 Å². The highest BCUT2D eigenvalue weighted by molar-refractivity contribution is 6.21. The van der Waals surface area contributed by atoms with Gasteiger partial charge in [0.25, 0.3) is 17.7 Å². The van der Waals surface area contributed by atoms with Gasteiger partial charge >= 0.3 is 0 Å². The average Bonchev–Trinajstić information content (AvgIpc) is 3.22. The molecule has 3 amide bonds. The SMILES string of the molecule is COc1ccc(N(CCN2C(=O)c3ccccc3C2=O)C(=O)c2ccc(C(=O)c3ccccc3)cc2)cc1. The Hall–Kier alpha value is -5.04. The fourth-order valence-electron chi connectivity index (χ4n) is 4.43. The largest absolute Gasteiger partial charge is 0.497 e. The van der Waals surface area contributed by atoms with Crippen molar-refractivity contribution in [2.75, 3.05) is 25.1 Å². The highest BCUT2D eigenvalue weighted by atomic mass is 16.5. The first-order chi connectivity index (χ1) is 18.5. The number of rotatable bonds is 8. The number of carbonyl (C=O) groups is 4. The Morgan fingerprint density at radius 3 is 1.79 bits per heavy atom. The number of methoxy groups -OCH3 is 1. The second kappa shape index (κ2) is 10.5. The average molecular weight is 505 g/mol. The van der Waals surface area contributed by atoms with Crippen molar-refractivity contribution in [1.82, 2.24) is 4.90 Å². The molecule has 5 rings (SSSR count).